The summed E-state index contributed by atoms with van der Waals surface area (Å²) in [5.41, 5.74) is 5.74. The van der Waals surface area contributed by atoms with Crippen molar-refractivity contribution in [3.05, 3.63) is 23.3 Å². The first kappa shape index (κ1) is 25.7. The minimum absolute atomic E-state index is 0.316. The molecule has 4 saturated carbocycles. The molecule has 0 saturated heterocycles. The molecule has 8 unspecified atom stereocenters. The molecule has 0 spiro atoms. The minimum Gasteiger partial charge on any atom is -0.311 e. The monoisotopic (exact) mass is 491 g/mol. The fraction of sp³-hybridized carbons (Fsp3) is 0.886. The second-order valence-electron chi connectivity index (χ2n) is 16.0. The molecule has 0 aromatic heterocycles. The molecule has 1 heteroatoms. The van der Waals surface area contributed by atoms with Gasteiger partial charge in [-0.2, -0.15) is 0 Å². The van der Waals surface area contributed by atoms with Gasteiger partial charge in [0, 0.05) is 5.54 Å². The Labute approximate surface area is 223 Å². The smallest absolute Gasteiger partial charge is 0.0212 e. The van der Waals surface area contributed by atoms with Gasteiger partial charge in [-0.15, -0.1) is 0 Å². The highest BCUT2D eigenvalue weighted by molar-refractivity contribution is 5.41. The molecule has 4 fully saturated rings. The van der Waals surface area contributed by atoms with Crippen LogP contribution in [0.5, 0.6) is 0 Å². The topological polar surface area (TPSA) is 12.0 Å². The Kier molecular flexibility index (Phi) is 6.05. The van der Waals surface area contributed by atoms with Crippen LogP contribution in [-0.4, -0.2) is 12.1 Å². The lowest BCUT2D eigenvalue weighted by Gasteiger charge is -2.72. The summed E-state index contributed by atoms with van der Waals surface area (Å²) in [6.45, 7) is 19.6. The molecular weight excluding hydrogens is 434 g/mol. The van der Waals surface area contributed by atoms with Crippen molar-refractivity contribution >= 4 is 0 Å². The van der Waals surface area contributed by atoms with Gasteiger partial charge in [0.2, 0.25) is 0 Å². The number of fused-ring (bicyclic) bond motifs is 7. The zero-order valence-electron chi connectivity index (χ0n) is 24.9. The molecule has 202 valence electrons. The van der Waals surface area contributed by atoms with Crippen molar-refractivity contribution < 1.29 is 0 Å². The Hall–Kier alpha value is -0.560. The Balaban J connectivity index is 1.33. The first-order valence-electron chi connectivity index (χ1n) is 16.2. The molecule has 1 nitrogen and oxygen atoms in total. The summed E-state index contributed by atoms with van der Waals surface area (Å²) in [6, 6.07) is 0. The summed E-state index contributed by atoms with van der Waals surface area (Å²) in [5.74, 6) is 4.45. The van der Waals surface area contributed by atoms with Gasteiger partial charge in [-0.05, 0) is 146 Å². The Bertz CT molecular complexity index is 940. The van der Waals surface area contributed by atoms with Crippen LogP contribution < -0.4 is 5.32 Å². The van der Waals surface area contributed by atoms with Crippen LogP contribution in [0.1, 0.15) is 132 Å². The first-order valence-corrected chi connectivity index (χ1v) is 16.2. The molecule has 0 aliphatic heterocycles. The van der Waals surface area contributed by atoms with Crippen LogP contribution in [0.25, 0.3) is 0 Å². The zero-order chi connectivity index (χ0) is 25.6. The summed E-state index contributed by atoms with van der Waals surface area (Å²) < 4.78 is 0. The molecule has 9 atom stereocenters. The van der Waals surface area contributed by atoms with Gasteiger partial charge < -0.3 is 5.32 Å². The van der Waals surface area contributed by atoms with Gasteiger partial charge >= 0.3 is 0 Å². The summed E-state index contributed by atoms with van der Waals surface area (Å²) in [5, 5.41) is 4.08. The van der Waals surface area contributed by atoms with Crippen molar-refractivity contribution in [2.75, 3.05) is 6.54 Å². The number of hydrogen-bond acceptors (Lipinski definition) is 1. The third-order valence-electron chi connectivity index (χ3n) is 14.5. The van der Waals surface area contributed by atoms with Crippen LogP contribution in [0.15, 0.2) is 23.3 Å². The van der Waals surface area contributed by atoms with E-state index < -0.39 is 0 Å². The van der Waals surface area contributed by atoms with E-state index in [1.807, 2.05) is 0 Å². The van der Waals surface area contributed by atoms with Crippen molar-refractivity contribution in [1.82, 2.24) is 5.32 Å². The van der Waals surface area contributed by atoms with E-state index in [1.54, 1.807) is 11.1 Å². The maximum absolute atomic E-state index is 4.08. The van der Waals surface area contributed by atoms with E-state index in [0.717, 1.165) is 36.1 Å². The van der Waals surface area contributed by atoms with E-state index in [0.29, 0.717) is 27.2 Å². The van der Waals surface area contributed by atoms with E-state index in [-0.39, 0.29) is 0 Å². The van der Waals surface area contributed by atoms with Crippen molar-refractivity contribution in [3.63, 3.8) is 0 Å². The first-order chi connectivity index (χ1) is 17.0. The van der Waals surface area contributed by atoms with E-state index in [9.17, 15) is 0 Å². The van der Waals surface area contributed by atoms with Crippen molar-refractivity contribution in [3.8, 4) is 0 Å². The predicted molar refractivity (Wildman–Crippen MR) is 154 cm³/mol. The van der Waals surface area contributed by atoms with Gasteiger partial charge in [-0.3, -0.25) is 0 Å². The lowest BCUT2D eigenvalue weighted by atomic mass is 9.33. The number of nitrogens with one attached hydrogen (secondary N) is 1. The number of hydrogen-bond donors (Lipinski definition) is 1. The highest BCUT2D eigenvalue weighted by Crippen LogP contribution is 2.76. The van der Waals surface area contributed by atoms with Crippen LogP contribution in [0.4, 0.5) is 0 Å². The van der Waals surface area contributed by atoms with Gasteiger partial charge in [0.1, 0.15) is 0 Å². The lowest BCUT2D eigenvalue weighted by Crippen LogP contribution is -2.67. The third kappa shape index (κ3) is 3.29. The predicted octanol–water partition coefficient (Wildman–Crippen LogP) is 9.49. The van der Waals surface area contributed by atoms with Crippen LogP contribution in [0.3, 0.4) is 0 Å². The molecular formula is C35H57N. The average molecular weight is 492 g/mol. The molecule has 0 amide bonds. The van der Waals surface area contributed by atoms with E-state index >= 15 is 0 Å². The fourth-order valence-corrected chi connectivity index (χ4v) is 12.6. The molecule has 6 aliphatic rings. The van der Waals surface area contributed by atoms with Crippen LogP contribution in [0, 0.1) is 51.2 Å². The largest absolute Gasteiger partial charge is 0.311 e. The quantitative estimate of drug-likeness (QED) is 0.414. The summed E-state index contributed by atoms with van der Waals surface area (Å²) in [6.07, 6.45) is 23.9. The average Bonchev–Trinajstić information content (AvgIpc) is 3.24. The second kappa shape index (κ2) is 8.47. The van der Waals surface area contributed by atoms with Gasteiger partial charge in [0.05, 0.1) is 0 Å². The van der Waals surface area contributed by atoms with E-state index in [1.165, 1.54) is 83.5 Å². The maximum atomic E-state index is 4.08. The lowest BCUT2D eigenvalue weighted by molar-refractivity contribution is -0.218. The highest BCUT2D eigenvalue weighted by Gasteiger charge is 2.69. The molecule has 1 N–H and O–H groups in total. The van der Waals surface area contributed by atoms with E-state index in [4.69, 9.17) is 0 Å². The van der Waals surface area contributed by atoms with E-state index in [2.05, 4.69) is 65.9 Å². The molecule has 6 rings (SSSR count). The molecule has 0 aromatic rings. The highest BCUT2D eigenvalue weighted by atomic mass is 15.0. The normalized spacial score (nSPS) is 51.8. The van der Waals surface area contributed by atoms with Crippen molar-refractivity contribution in [1.29, 1.82) is 0 Å². The molecule has 0 heterocycles. The number of allylic oxidation sites excluding steroid dienone is 4. The standard InChI is InChI=1S/C35H57N/c1-8-36-35-19-9-10-28(35)27-15-16-30-32(5)20-17-26(25-13-11-24(2)12-14-25)31(3,4)29(32)18-21-34(30,7)33(27,6)22-23-35/h13,17,24,27-30,36H,8-12,14-16,18-23H2,1-7H3/t24?,27?,28?,29?,30?,32?,33-,34?,35?/m1/s1. The summed E-state index contributed by atoms with van der Waals surface area (Å²) in [7, 11) is 0. The van der Waals surface area contributed by atoms with Gasteiger partial charge in [-0.1, -0.05) is 67.0 Å². The number of rotatable bonds is 3. The Morgan fingerprint density at radius 1 is 0.806 bits per heavy atom. The molecule has 36 heavy (non-hydrogen) atoms. The van der Waals surface area contributed by atoms with Crippen LogP contribution in [0.2, 0.25) is 0 Å². The SMILES string of the molecule is CCNC12CCCC1C1CCC3C4(C)CC=C(C5=CCC(C)CC5)C(C)(C)C4CCC3(C)[C@]1(C)CC2. The van der Waals surface area contributed by atoms with Crippen LogP contribution >= 0.6 is 0 Å². The van der Waals surface area contributed by atoms with Crippen molar-refractivity contribution in [2.24, 2.45) is 51.2 Å². The summed E-state index contributed by atoms with van der Waals surface area (Å²) >= 11 is 0. The van der Waals surface area contributed by atoms with Crippen LogP contribution in [-0.2, 0) is 0 Å². The Morgan fingerprint density at radius 2 is 1.61 bits per heavy atom. The third-order valence-corrected chi connectivity index (χ3v) is 14.5. The van der Waals surface area contributed by atoms with Gasteiger partial charge in [0.25, 0.3) is 0 Å². The van der Waals surface area contributed by atoms with Gasteiger partial charge in [0.15, 0.2) is 0 Å². The maximum Gasteiger partial charge on any atom is 0.0212 e. The fourth-order valence-electron chi connectivity index (χ4n) is 12.6. The molecule has 0 bridgehead atoms. The van der Waals surface area contributed by atoms with Crippen molar-refractivity contribution in [2.45, 2.75) is 137 Å². The van der Waals surface area contributed by atoms with Gasteiger partial charge in [-0.25, -0.2) is 0 Å². The second-order valence-corrected chi connectivity index (χ2v) is 16.0. The minimum atomic E-state index is 0.316. The Morgan fingerprint density at radius 3 is 2.33 bits per heavy atom. The molecule has 6 aliphatic carbocycles. The molecule has 0 radical (unpaired) electrons. The molecule has 0 aromatic carbocycles. The summed E-state index contributed by atoms with van der Waals surface area (Å²) in [4.78, 5) is 0. The zero-order valence-corrected chi connectivity index (χ0v) is 24.9.